The molecular formula is C21H23Cl3N2O2S. The third-order valence-corrected chi connectivity index (χ3v) is 6.84. The highest BCUT2D eigenvalue weighted by Gasteiger charge is 2.35. The average Bonchev–Trinajstić information content (AvgIpc) is 3.13. The number of rotatable bonds is 5. The van der Waals surface area contributed by atoms with Gasteiger partial charge in [0.1, 0.15) is 11.9 Å². The summed E-state index contributed by atoms with van der Waals surface area (Å²) in [6.45, 7) is 5.93. The predicted molar refractivity (Wildman–Crippen MR) is 120 cm³/mol. The molecule has 2 heterocycles. The molecule has 0 aliphatic carbocycles. The van der Waals surface area contributed by atoms with Crippen LogP contribution in [0.5, 0.6) is 0 Å². The van der Waals surface area contributed by atoms with Crippen LogP contribution in [0.25, 0.3) is 0 Å². The predicted octanol–water partition coefficient (Wildman–Crippen LogP) is 5.39. The van der Waals surface area contributed by atoms with E-state index in [2.05, 4.69) is 0 Å². The molecule has 2 atom stereocenters. The zero-order valence-electron chi connectivity index (χ0n) is 16.5. The Kier molecular flexibility index (Phi) is 7.15. The summed E-state index contributed by atoms with van der Waals surface area (Å²) in [5, 5.41) is 2.42. The maximum Gasteiger partial charge on any atom is 0.243 e. The Morgan fingerprint density at radius 2 is 1.93 bits per heavy atom. The number of thiophene rings is 1. The number of halogens is 3. The van der Waals surface area contributed by atoms with Crippen LogP contribution >= 0.6 is 46.1 Å². The highest BCUT2D eigenvalue weighted by atomic mass is 35.5. The van der Waals surface area contributed by atoms with E-state index in [9.17, 15) is 9.59 Å². The van der Waals surface area contributed by atoms with E-state index >= 15 is 0 Å². The maximum atomic E-state index is 13.4. The number of fused-ring (bicyclic) bond motifs is 1. The lowest BCUT2D eigenvalue weighted by Crippen LogP contribution is -2.50. The second-order valence-electron chi connectivity index (χ2n) is 7.38. The van der Waals surface area contributed by atoms with Gasteiger partial charge in [-0.1, -0.05) is 29.3 Å². The molecule has 29 heavy (non-hydrogen) atoms. The Bertz CT molecular complexity index is 913. The van der Waals surface area contributed by atoms with Gasteiger partial charge >= 0.3 is 0 Å². The van der Waals surface area contributed by atoms with Crippen molar-refractivity contribution in [3.63, 3.8) is 0 Å². The van der Waals surface area contributed by atoms with Crippen molar-refractivity contribution in [1.29, 1.82) is 0 Å². The summed E-state index contributed by atoms with van der Waals surface area (Å²) in [5.41, 5.74) is 1.91. The smallest absolute Gasteiger partial charge is 0.243 e. The van der Waals surface area contributed by atoms with Gasteiger partial charge in [-0.25, -0.2) is 0 Å². The van der Waals surface area contributed by atoms with Gasteiger partial charge in [0.2, 0.25) is 11.8 Å². The molecule has 2 amide bonds. The molecular weight excluding hydrogens is 451 g/mol. The summed E-state index contributed by atoms with van der Waals surface area (Å²) in [5.74, 6) is -0.374. The number of carbonyl (C=O) groups excluding carboxylic acids is 2. The molecule has 0 radical (unpaired) electrons. The lowest BCUT2D eigenvalue weighted by atomic mass is 9.93. The summed E-state index contributed by atoms with van der Waals surface area (Å²) >= 11 is 20.3. The number of amides is 2. The minimum Gasteiger partial charge on any atom is -0.330 e. The molecule has 1 aromatic heterocycles. The summed E-state index contributed by atoms with van der Waals surface area (Å²) in [7, 11) is 0. The molecule has 2 unspecified atom stereocenters. The number of benzene rings is 1. The van der Waals surface area contributed by atoms with Crippen LogP contribution in [0.15, 0.2) is 29.6 Å². The van der Waals surface area contributed by atoms with Crippen LogP contribution < -0.4 is 0 Å². The van der Waals surface area contributed by atoms with Crippen molar-refractivity contribution < 1.29 is 9.59 Å². The van der Waals surface area contributed by atoms with Gasteiger partial charge in [0.15, 0.2) is 0 Å². The zero-order valence-corrected chi connectivity index (χ0v) is 19.6. The number of hydrogen-bond donors (Lipinski definition) is 0. The molecule has 3 rings (SSSR count). The molecule has 0 saturated carbocycles. The van der Waals surface area contributed by atoms with Crippen molar-refractivity contribution in [3.8, 4) is 0 Å². The summed E-state index contributed by atoms with van der Waals surface area (Å²) in [6, 6.07) is 6.95. The van der Waals surface area contributed by atoms with Crippen LogP contribution in [0.4, 0.5) is 0 Å². The minimum absolute atomic E-state index is 0.0191. The monoisotopic (exact) mass is 472 g/mol. The molecule has 0 N–H and O–H groups in total. The first-order chi connectivity index (χ1) is 13.7. The van der Waals surface area contributed by atoms with Crippen LogP contribution in [0.3, 0.4) is 0 Å². The topological polar surface area (TPSA) is 40.6 Å². The lowest BCUT2D eigenvalue weighted by Gasteiger charge is -2.38. The molecule has 0 fully saturated rings. The van der Waals surface area contributed by atoms with E-state index in [0.29, 0.717) is 16.6 Å². The Labute approximate surface area is 190 Å². The molecule has 0 saturated heterocycles. The molecule has 1 aliphatic rings. The molecule has 1 aromatic carbocycles. The van der Waals surface area contributed by atoms with Crippen LogP contribution in [-0.4, -0.2) is 46.1 Å². The fourth-order valence-electron chi connectivity index (χ4n) is 3.62. The van der Waals surface area contributed by atoms with E-state index in [1.165, 1.54) is 9.78 Å². The van der Waals surface area contributed by atoms with E-state index in [-0.39, 0.29) is 30.4 Å². The van der Waals surface area contributed by atoms with Crippen molar-refractivity contribution in [2.45, 2.75) is 44.7 Å². The third kappa shape index (κ3) is 4.74. The first-order valence-electron chi connectivity index (χ1n) is 9.46. The van der Waals surface area contributed by atoms with Gasteiger partial charge in [-0.2, -0.15) is 0 Å². The first kappa shape index (κ1) is 22.4. The van der Waals surface area contributed by atoms with E-state index in [1.807, 2.05) is 36.3 Å². The molecule has 156 valence electrons. The highest BCUT2D eigenvalue weighted by molar-refractivity contribution is 7.10. The second kappa shape index (κ2) is 9.25. The molecule has 8 heteroatoms. The second-order valence-corrected chi connectivity index (χ2v) is 9.88. The minimum atomic E-state index is -0.684. The maximum absolute atomic E-state index is 13.4. The Morgan fingerprint density at radius 1 is 1.21 bits per heavy atom. The van der Waals surface area contributed by atoms with Gasteiger partial charge in [-0.05, 0) is 61.9 Å². The zero-order chi connectivity index (χ0) is 21.3. The number of hydrogen-bond acceptors (Lipinski definition) is 3. The molecule has 0 bridgehead atoms. The lowest BCUT2D eigenvalue weighted by molar-refractivity contribution is -0.142. The fraction of sp³-hybridized carbons (Fsp3) is 0.429. The van der Waals surface area contributed by atoms with Crippen molar-refractivity contribution in [1.82, 2.24) is 9.80 Å². The van der Waals surface area contributed by atoms with Crippen molar-refractivity contribution in [2.24, 2.45) is 0 Å². The Morgan fingerprint density at radius 3 is 2.55 bits per heavy atom. The SMILES string of the molecule is CC(Cl)C(=O)N(CC(=O)N1CCc2sccc2C1c1ccc(Cl)cc1Cl)C(C)C. The van der Waals surface area contributed by atoms with Gasteiger partial charge in [0.25, 0.3) is 0 Å². The summed E-state index contributed by atoms with van der Waals surface area (Å²) in [4.78, 5) is 30.4. The van der Waals surface area contributed by atoms with E-state index in [4.69, 9.17) is 34.8 Å². The molecule has 0 spiro atoms. The third-order valence-electron chi connectivity index (χ3n) is 5.10. The Balaban J connectivity index is 1.96. The van der Waals surface area contributed by atoms with Crippen molar-refractivity contribution in [2.75, 3.05) is 13.1 Å². The van der Waals surface area contributed by atoms with E-state index < -0.39 is 5.38 Å². The highest BCUT2D eigenvalue weighted by Crippen LogP contribution is 2.41. The average molecular weight is 474 g/mol. The summed E-state index contributed by atoms with van der Waals surface area (Å²) in [6.07, 6.45) is 0.780. The molecule has 1 aliphatic heterocycles. The largest absolute Gasteiger partial charge is 0.330 e. The molecule has 4 nitrogen and oxygen atoms in total. The van der Waals surface area contributed by atoms with Crippen LogP contribution in [-0.2, 0) is 16.0 Å². The summed E-state index contributed by atoms with van der Waals surface area (Å²) < 4.78 is 0. The van der Waals surface area contributed by atoms with Crippen LogP contribution in [0.2, 0.25) is 10.0 Å². The first-order valence-corrected chi connectivity index (χ1v) is 11.5. The van der Waals surface area contributed by atoms with Gasteiger partial charge in [0, 0.05) is 27.5 Å². The van der Waals surface area contributed by atoms with Gasteiger partial charge < -0.3 is 9.80 Å². The van der Waals surface area contributed by atoms with Gasteiger partial charge in [-0.3, -0.25) is 9.59 Å². The number of carbonyl (C=O) groups is 2. The van der Waals surface area contributed by atoms with E-state index in [1.54, 1.807) is 30.4 Å². The van der Waals surface area contributed by atoms with Crippen LogP contribution in [0.1, 0.15) is 42.8 Å². The molecule has 2 aromatic rings. The van der Waals surface area contributed by atoms with Crippen molar-refractivity contribution in [3.05, 3.63) is 55.7 Å². The Hall–Kier alpha value is -1.27. The normalized spacial score (nSPS) is 17.2. The number of nitrogens with zero attached hydrogens (tertiary/aromatic N) is 2. The standard InChI is InChI=1S/C21H23Cl3N2O2S/c1-12(2)26(21(28)13(3)22)11-19(27)25-8-6-18-16(7-9-29-18)20(25)15-5-4-14(23)10-17(15)24/h4-5,7,9-10,12-13,20H,6,8,11H2,1-3H3. The fourth-order valence-corrected chi connectivity index (χ4v) is 5.16. The van der Waals surface area contributed by atoms with Crippen LogP contribution in [0, 0.1) is 0 Å². The quantitative estimate of drug-likeness (QED) is 0.546. The van der Waals surface area contributed by atoms with E-state index in [0.717, 1.165) is 17.5 Å². The van der Waals surface area contributed by atoms with Crippen molar-refractivity contribution >= 4 is 58.0 Å². The van der Waals surface area contributed by atoms with Gasteiger partial charge in [0.05, 0.1) is 6.04 Å². The van der Waals surface area contributed by atoms with Gasteiger partial charge in [-0.15, -0.1) is 22.9 Å². The number of alkyl halides is 1.